The van der Waals surface area contributed by atoms with Crippen molar-refractivity contribution in [1.29, 1.82) is 0 Å². The molecule has 0 spiro atoms. The first kappa shape index (κ1) is 30.0. The number of ether oxygens (including phenoxy) is 4. The van der Waals surface area contributed by atoms with E-state index in [0.717, 1.165) is 11.1 Å². The number of anilines is 1. The van der Waals surface area contributed by atoms with Crippen LogP contribution in [0.5, 0.6) is 11.5 Å². The van der Waals surface area contributed by atoms with Crippen molar-refractivity contribution in [3.8, 4) is 11.5 Å². The van der Waals surface area contributed by atoms with Gasteiger partial charge in [-0.05, 0) is 75.1 Å². The molecule has 3 aromatic carbocycles. The van der Waals surface area contributed by atoms with Crippen molar-refractivity contribution >= 4 is 23.8 Å². The normalized spacial score (nSPS) is 10.8. The molecule has 9 nitrogen and oxygen atoms in total. The van der Waals surface area contributed by atoms with E-state index in [4.69, 9.17) is 18.9 Å². The summed E-state index contributed by atoms with van der Waals surface area (Å²) in [5.74, 6) is 0.424. The van der Waals surface area contributed by atoms with Gasteiger partial charge >= 0.3 is 18.2 Å². The zero-order valence-electron chi connectivity index (χ0n) is 23.6. The lowest BCUT2D eigenvalue weighted by atomic mass is 10.1. The highest BCUT2D eigenvalue weighted by Crippen LogP contribution is 2.31. The molecule has 0 unspecified atom stereocenters. The SMILES string of the molecule is CN(C)C(=O)Oc1cccc(CCCOc2ccc(C(=O)OCc3ccccc3)cc2)c1NC(=O)OC(C)(C)C. The second-order valence-electron chi connectivity index (χ2n) is 10.2. The van der Waals surface area contributed by atoms with Crippen LogP contribution in [0.4, 0.5) is 15.3 Å². The minimum Gasteiger partial charge on any atom is -0.494 e. The third kappa shape index (κ3) is 9.65. The average molecular weight is 549 g/mol. The van der Waals surface area contributed by atoms with E-state index < -0.39 is 23.8 Å². The fraction of sp³-hybridized carbons (Fsp3) is 0.323. The van der Waals surface area contributed by atoms with Crippen molar-refractivity contribution in [2.45, 2.75) is 45.8 Å². The monoisotopic (exact) mass is 548 g/mol. The van der Waals surface area contributed by atoms with Gasteiger partial charge in [0.2, 0.25) is 0 Å². The van der Waals surface area contributed by atoms with Crippen LogP contribution in [0.1, 0.15) is 48.7 Å². The summed E-state index contributed by atoms with van der Waals surface area (Å²) in [7, 11) is 3.15. The van der Waals surface area contributed by atoms with Crippen LogP contribution in [0.3, 0.4) is 0 Å². The Morgan fingerprint density at radius 1 is 0.875 bits per heavy atom. The van der Waals surface area contributed by atoms with Crippen LogP contribution in [0.25, 0.3) is 0 Å². The number of carbonyl (C=O) groups is 3. The van der Waals surface area contributed by atoms with E-state index in [9.17, 15) is 14.4 Å². The van der Waals surface area contributed by atoms with Gasteiger partial charge in [-0.15, -0.1) is 0 Å². The van der Waals surface area contributed by atoms with Gasteiger partial charge in [-0.2, -0.15) is 0 Å². The molecule has 0 bridgehead atoms. The van der Waals surface area contributed by atoms with Gasteiger partial charge in [0.25, 0.3) is 0 Å². The smallest absolute Gasteiger partial charge is 0.414 e. The predicted molar refractivity (Wildman–Crippen MR) is 152 cm³/mol. The second kappa shape index (κ2) is 14.0. The molecule has 0 atom stereocenters. The van der Waals surface area contributed by atoms with Gasteiger partial charge in [0.05, 0.1) is 17.9 Å². The summed E-state index contributed by atoms with van der Waals surface area (Å²) in [6, 6.07) is 21.5. The molecular formula is C31H36N2O7. The van der Waals surface area contributed by atoms with Crippen molar-refractivity contribution in [2.24, 2.45) is 0 Å². The highest BCUT2D eigenvalue weighted by atomic mass is 16.6. The number of nitrogens with one attached hydrogen (secondary N) is 1. The Hall–Kier alpha value is -4.53. The average Bonchev–Trinajstić information content (AvgIpc) is 2.91. The molecule has 3 aromatic rings. The van der Waals surface area contributed by atoms with Crippen molar-refractivity contribution in [3.05, 3.63) is 89.5 Å². The third-order valence-corrected chi connectivity index (χ3v) is 5.46. The number of benzene rings is 3. The fourth-order valence-corrected chi connectivity index (χ4v) is 3.55. The second-order valence-corrected chi connectivity index (χ2v) is 10.2. The number of nitrogens with zero attached hydrogens (tertiary/aromatic N) is 1. The highest BCUT2D eigenvalue weighted by Gasteiger charge is 2.21. The zero-order chi connectivity index (χ0) is 29.1. The molecule has 0 aliphatic rings. The molecule has 0 aliphatic carbocycles. The molecule has 0 radical (unpaired) electrons. The number of carbonyl (C=O) groups excluding carboxylic acids is 3. The van der Waals surface area contributed by atoms with E-state index in [1.54, 1.807) is 71.3 Å². The Kier molecular flexibility index (Phi) is 10.5. The molecule has 0 aliphatic heterocycles. The number of amides is 2. The molecule has 9 heteroatoms. The summed E-state index contributed by atoms with van der Waals surface area (Å²) in [5, 5.41) is 2.73. The standard InChI is InChI=1S/C31H36N2O7/c1-31(2,3)40-29(35)32-27-23(13-9-15-26(27)39-30(36)33(4)5)14-10-20-37-25-18-16-24(17-19-25)28(34)38-21-22-11-7-6-8-12-22/h6-9,11-13,15-19H,10,14,20-21H2,1-5H3,(H,32,35). The molecule has 1 N–H and O–H groups in total. The molecule has 212 valence electrons. The lowest BCUT2D eigenvalue weighted by Gasteiger charge is -2.22. The van der Waals surface area contributed by atoms with E-state index in [2.05, 4.69) is 5.32 Å². The van der Waals surface area contributed by atoms with E-state index in [-0.39, 0.29) is 12.4 Å². The number of rotatable bonds is 10. The topological polar surface area (TPSA) is 103 Å². The molecule has 2 amide bonds. The van der Waals surface area contributed by atoms with E-state index in [1.165, 1.54) is 4.90 Å². The Morgan fingerprint density at radius 2 is 1.57 bits per heavy atom. The first-order chi connectivity index (χ1) is 19.0. The molecule has 0 fully saturated rings. The molecular weight excluding hydrogens is 512 g/mol. The Bertz CT molecular complexity index is 1280. The van der Waals surface area contributed by atoms with Crippen LogP contribution in [0.2, 0.25) is 0 Å². The van der Waals surface area contributed by atoms with Crippen LogP contribution in [-0.4, -0.2) is 49.4 Å². The van der Waals surface area contributed by atoms with Crippen molar-refractivity contribution in [2.75, 3.05) is 26.0 Å². The third-order valence-electron chi connectivity index (χ3n) is 5.46. The number of esters is 1. The number of hydrogen-bond acceptors (Lipinski definition) is 7. The molecule has 0 aromatic heterocycles. The van der Waals surface area contributed by atoms with Gasteiger partial charge in [-0.1, -0.05) is 42.5 Å². The quantitative estimate of drug-likeness (QED) is 0.229. The summed E-state index contributed by atoms with van der Waals surface area (Å²) in [6.45, 7) is 5.89. The number of para-hydroxylation sites is 1. The maximum atomic E-state index is 12.5. The van der Waals surface area contributed by atoms with Crippen LogP contribution in [0, 0.1) is 0 Å². The number of hydrogen-bond donors (Lipinski definition) is 1. The Balaban J connectivity index is 1.58. The maximum absolute atomic E-state index is 12.5. The minimum absolute atomic E-state index is 0.207. The van der Waals surface area contributed by atoms with Gasteiger partial charge in [0.1, 0.15) is 18.0 Å². The fourth-order valence-electron chi connectivity index (χ4n) is 3.55. The van der Waals surface area contributed by atoms with Crippen LogP contribution >= 0.6 is 0 Å². The molecule has 0 saturated heterocycles. The van der Waals surface area contributed by atoms with Crippen molar-refractivity contribution in [1.82, 2.24) is 4.90 Å². The van der Waals surface area contributed by atoms with E-state index >= 15 is 0 Å². The summed E-state index contributed by atoms with van der Waals surface area (Å²) in [6.07, 6.45) is -0.0852. The first-order valence-corrected chi connectivity index (χ1v) is 13.0. The molecule has 3 rings (SSSR count). The summed E-state index contributed by atoms with van der Waals surface area (Å²) >= 11 is 0. The van der Waals surface area contributed by atoms with Gasteiger partial charge in [0.15, 0.2) is 5.75 Å². The largest absolute Gasteiger partial charge is 0.494 e. The Morgan fingerprint density at radius 3 is 2.23 bits per heavy atom. The van der Waals surface area contributed by atoms with Gasteiger partial charge in [-0.25, -0.2) is 14.4 Å². The lowest BCUT2D eigenvalue weighted by molar-refractivity contribution is 0.0472. The summed E-state index contributed by atoms with van der Waals surface area (Å²) in [5.41, 5.74) is 1.79. The van der Waals surface area contributed by atoms with E-state index in [0.29, 0.717) is 36.4 Å². The van der Waals surface area contributed by atoms with E-state index in [1.807, 2.05) is 36.4 Å². The van der Waals surface area contributed by atoms with Gasteiger partial charge < -0.3 is 23.8 Å². The summed E-state index contributed by atoms with van der Waals surface area (Å²) in [4.78, 5) is 38.3. The van der Waals surface area contributed by atoms with Crippen molar-refractivity contribution in [3.63, 3.8) is 0 Å². The van der Waals surface area contributed by atoms with Gasteiger partial charge in [-0.3, -0.25) is 5.32 Å². The minimum atomic E-state index is -0.693. The molecule has 0 saturated carbocycles. The Labute approximate surface area is 235 Å². The molecule has 0 heterocycles. The predicted octanol–water partition coefficient (Wildman–Crippen LogP) is 6.46. The first-order valence-electron chi connectivity index (χ1n) is 13.0. The lowest BCUT2D eigenvalue weighted by Crippen LogP contribution is -2.29. The highest BCUT2D eigenvalue weighted by molar-refractivity contribution is 5.90. The molecule has 40 heavy (non-hydrogen) atoms. The van der Waals surface area contributed by atoms with Crippen molar-refractivity contribution < 1.29 is 33.3 Å². The van der Waals surface area contributed by atoms with Crippen LogP contribution < -0.4 is 14.8 Å². The maximum Gasteiger partial charge on any atom is 0.414 e. The van der Waals surface area contributed by atoms with Gasteiger partial charge in [0, 0.05) is 14.1 Å². The van der Waals surface area contributed by atoms with Crippen LogP contribution in [-0.2, 0) is 22.5 Å². The zero-order valence-corrected chi connectivity index (χ0v) is 23.6. The number of aryl methyl sites for hydroxylation is 1. The summed E-state index contributed by atoms with van der Waals surface area (Å²) < 4.78 is 22.1. The van der Waals surface area contributed by atoms with Crippen LogP contribution in [0.15, 0.2) is 72.8 Å².